The first-order valence-electron chi connectivity index (χ1n) is 5.90. The number of nitrogens with one attached hydrogen (secondary N) is 2. The molecule has 4 heteroatoms. The van der Waals surface area contributed by atoms with Crippen molar-refractivity contribution in [2.24, 2.45) is 0 Å². The van der Waals surface area contributed by atoms with E-state index >= 15 is 0 Å². The van der Waals surface area contributed by atoms with Crippen LogP contribution < -0.4 is 10.6 Å². The molecule has 15 heavy (non-hydrogen) atoms. The molecule has 3 N–H and O–H groups in total. The molecule has 0 radical (unpaired) electrons. The van der Waals surface area contributed by atoms with Gasteiger partial charge < -0.3 is 15.7 Å². The first-order chi connectivity index (χ1) is 7.18. The third-order valence-corrected chi connectivity index (χ3v) is 3.48. The fraction of sp³-hybridized carbons (Fsp3) is 0.909. The van der Waals surface area contributed by atoms with Gasteiger partial charge in [0, 0.05) is 25.6 Å². The summed E-state index contributed by atoms with van der Waals surface area (Å²) in [5, 5.41) is 16.3. The summed E-state index contributed by atoms with van der Waals surface area (Å²) in [5.74, 6) is 0.114. The zero-order chi connectivity index (χ0) is 10.7. The highest BCUT2D eigenvalue weighted by atomic mass is 16.3. The molecule has 1 aliphatic carbocycles. The SMILES string of the molecule is O=C1CC(NCC2(O)CCCCC2)CN1. The van der Waals surface area contributed by atoms with Crippen molar-refractivity contribution < 1.29 is 9.90 Å². The maximum absolute atomic E-state index is 11.0. The van der Waals surface area contributed by atoms with Crippen molar-refractivity contribution in [1.29, 1.82) is 0 Å². The molecule has 86 valence electrons. The van der Waals surface area contributed by atoms with Gasteiger partial charge in [-0.25, -0.2) is 0 Å². The first kappa shape index (κ1) is 10.9. The Balaban J connectivity index is 1.74. The summed E-state index contributed by atoms with van der Waals surface area (Å²) < 4.78 is 0. The maximum atomic E-state index is 11.0. The molecule has 1 saturated carbocycles. The highest BCUT2D eigenvalue weighted by Gasteiger charge is 2.30. The summed E-state index contributed by atoms with van der Waals surface area (Å²) in [6.07, 6.45) is 5.84. The van der Waals surface area contributed by atoms with Crippen LogP contribution in [0.25, 0.3) is 0 Å². The van der Waals surface area contributed by atoms with E-state index in [0.717, 1.165) is 25.7 Å². The van der Waals surface area contributed by atoms with Crippen LogP contribution >= 0.6 is 0 Å². The number of hydrogen-bond acceptors (Lipinski definition) is 3. The molecule has 0 spiro atoms. The van der Waals surface area contributed by atoms with Gasteiger partial charge in [0.15, 0.2) is 0 Å². The third kappa shape index (κ3) is 2.92. The molecule has 0 bridgehead atoms. The molecule has 1 aliphatic heterocycles. The van der Waals surface area contributed by atoms with Crippen molar-refractivity contribution in [2.75, 3.05) is 13.1 Å². The summed E-state index contributed by atoms with van der Waals surface area (Å²) >= 11 is 0. The normalized spacial score (nSPS) is 30.2. The van der Waals surface area contributed by atoms with E-state index in [0.29, 0.717) is 19.5 Å². The predicted molar refractivity (Wildman–Crippen MR) is 57.5 cm³/mol. The number of hydrogen-bond donors (Lipinski definition) is 3. The summed E-state index contributed by atoms with van der Waals surface area (Å²) in [6, 6.07) is 0.212. The van der Waals surface area contributed by atoms with Crippen LogP contribution in [0.1, 0.15) is 38.5 Å². The summed E-state index contributed by atoms with van der Waals surface area (Å²) in [7, 11) is 0. The lowest BCUT2D eigenvalue weighted by Crippen LogP contribution is -2.46. The van der Waals surface area contributed by atoms with Crippen LogP contribution in [0.5, 0.6) is 0 Å². The zero-order valence-electron chi connectivity index (χ0n) is 9.09. The van der Waals surface area contributed by atoms with Crippen molar-refractivity contribution in [3.63, 3.8) is 0 Å². The van der Waals surface area contributed by atoms with Crippen LogP contribution in [-0.2, 0) is 4.79 Å². The second kappa shape index (κ2) is 4.49. The molecule has 2 aliphatic rings. The third-order valence-electron chi connectivity index (χ3n) is 3.48. The molecule has 1 saturated heterocycles. The first-order valence-corrected chi connectivity index (χ1v) is 5.90. The van der Waals surface area contributed by atoms with Gasteiger partial charge in [-0.05, 0) is 12.8 Å². The van der Waals surface area contributed by atoms with Gasteiger partial charge in [0.1, 0.15) is 0 Å². The highest BCUT2D eigenvalue weighted by Crippen LogP contribution is 2.27. The fourth-order valence-electron chi connectivity index (χ4n) is 2.47. The van der Waals surface area contributed by atoms with Crippen molar-refractivity contribution in [3.05, 3.63) is 0 Å². The zero-order valence-corrected chi connectivity index (χ0v) is 9.09. The van der Waals surface area contributed by atoms with Crippen LogP contribution in [0.4, 0.5) is 0 Å². The minimum absolute atomic E-state index is 0.114. The van der Waals surface area contributed by atoms with Crippen LogP contribution in [0, 0.1) is 0 Å². The van der Waals surface area contributed by atoms with E-state index < -0.39 is 5.60 Å². The fourth-order valence-corrected chi connectivity index (χ4v) is 2.47. The second-order valence-electron chi connectivity index (χ2n) is 4.87. The quantitative estimate of drug-likeness (QED) is 0.624. The van der Waals surface area contributed by atoms with E-state index in [1.54, 1.807) is 0 Å². The molecule has 1 atom stereocenters. The molecule has 1 heterocycles. The minimum atomic E-state index is -0.524. The monoisotopic (exact) mass is 212 g/mol. The lowest BCUT2D eigenvalue weighted by Gasteiger charge is -2.33. The molecule has 1 amide bonds. The van der Waals surface area contributed by atoms with E-state index in [-0.39, 0.29) is 11.9 Å². The van der Waals surface area contributed by atoms with Crippen LogP contribution in [0.3, 0.4) is 0 Å². The van der Waals surface area contributed by atoms with Gasteiger partial charge in [-0.15, -0.1) is 0 Å². The van der Waals surface area contributed by atoms with Gasteiger partial charge >= 0.3 is 0 Å². The second-order valence-corrected chi connectivity index (χ2v) is 4.87. The molecule has 2 fully saturated rings. The Hall–Kier alpha value is -0.610. The van der Waals surface area contributed by atoms with E-state index in [2.05, 4.69) is 10.6 Å². The Labute approximate surface area is 90.4 Å². The van der Waals surface area contributed by atoms with Gasteiger partial charge in [0.2, 0.25) is 5.91 Å². The van der Waals surface area contributed by atoms with Crippen molar-refractivity contribution in [1.82, 2.24) is 10.6 Å². The molecule has 2 rings (SSSR count). The Morgan fingerprint density at radius 2 is 2.13 bits per heavy atom. The number of carbonyl (C=O) groups is 1. The minimum Gasteiger partial charge on any atom is -0.389 e. The van der Waals surface area contributed by atoms with E-state index in [1.165, 1.54) is 6.42 Å². The molecule has 1 unspecified atom stereocenters. The summed E-state index contributed by atoms with van der Waals surface area (Å²) in [6.45, 7) is 1.33. The van der Waals surface area contributed by atoms with Crippen molar-refractivity contribution >= 4 is 5.91 Å². The summed E-state index contributed by atoms with van der Waals surface area (Å²) in [4.78, 5) is 11.0. The molecule has 0 aromatic rings. The van der Waals surface area contributed by atoms with Crippen LogP contribution in [0.15, 0.2) is 0 Å². The Bertz CT molecular complexity index is 237. The van der Waals surface area contributed by atoms with E-state index in [1.807, 2.05) is 0 Å². The van der Waals surface area contributed by atoms with Crippen LogP contribution in [0.2, 0.25) is 0 Å². The number of aliphatic hydroxyl groups is 1. The lowest BCUT2D eigenvalue weighted by atomic mass is 9.85. The molecule has 4 nitrogen and oxygen atoms in total. The Morgan fingerprint density at radius 1 is 1.40 bits per heavy atom. The number of carbonyl (C=O) groups excluding carboxylic acids is 1. The molecular weight excluding hydrogens is 192 g/mol. The molecular formula is C11H20N2O2. The Morgan fingerprint density at radius 3 is 2.73 bits per heavy atom. The standard InChI is InChI=1S/C11H20N2O2/c14-10-6-9(7-12-10)13-8-11(15)4-2-1-3-5-11/h9,13,15H,1-8H2,(H,12,14). The predicted octanol–water partition coefficient (Wildman–Crippen LogP) is 0.160. The topological polar surface area (TPSA) is 61.4 Å². The Kier molecular flexibility index (Phi) is 3.26. The number of rotatable bonds is 3. The maximum Gasteiger partial charge on any atom is 0.221 e. The van der Waals surface area contributed by atoms with Gasteiger partial charge in [0.25, 0.3) is 0 Å². The van der Waals surface area contributed by atoms with Gasteiger partial charge in [-0.1, -0.05) is 19.3 Å². The van der Waals surface area contributed by atoms with E-state index in [4.69, 9.17) is 0 Å². The average molecular weight is 212 g/mol. The van der Waals surface area contributed by atoms with Gasteiger partial charge in [0.05, 0.1) is 5.60 Å². The molecule has 0 aromatic heterocycles. The van der Waals surface area contributed by atoms with Gasteiger partial charge in [-0.2, -0.15) is 0 Å². The van der Waals surface area contributed by atoms with Crippen molar-refractivity contribution in [3.8, 4) is 0 Å². The highest BCUT2D eigenvalue weighted by molar-refractivity contribution is 5.78. The van der Waals surface area contributed by atoms with Crippen LogP contribution in [-0.4, -0.2) is 35.7 Å². The molecule has 0 aromatic carbocycles. The summed E-state index contributed by atoms with van der Waals surface area (Å²) in [5.41, 5.74) is -0.524. The largest absolute Gasteiger partial charge is 0.389 e. The lowest BCUT2D eigenvalue weighted by molar-refractivity contribution is -0.119. The van der Waals surface area contributed by atoms with E-state index in [9.17, 15) is 9.90 Å². The smallest absolute Gasteiger partial charge is 0.221 e. The van der Waals surface area contributed by atoms with Crippen molar-refractivity contribution in [2.45, 2.75) is 50.2 Å². The average Bonchev–Trinajstić information content (AvgIpc) is 2.63. The number of amides is 1. The van der Waals surface area contributed by atoms with Gasteiger partial charge in [-0.3, -0.25) is 4.79 Å².